The fourth-order valence-corrected chi connectivity index (χ4v) is 2.77. The second kappa shape index (κ2) is 4.63. The van der Waals surface area contributed by atoms with Crippen molar-refractivity contribution in [2.45, 2.75) is 25.3 Å². The number of hydrogen-bond donors (Lipinski definition) is 2. The first-order chi connectivity index (χ1) is 9.56. The molecule has 3 amide bonds. The Hall–Kier alpha value is -2.37. The highest BCUT2D eigenvalue weighted by Gasteiger charge is 2.37. The first kappa shape index (κ1) is 12.7. The fourth-order valence-electron chi connectivity index (χ4n) is 2.77. The monoisotopic (exact) mass is 274 g/mol. The molecular formula is C14H14N2O4. The van der Waals surface area contributed by atoms with E-state index in [0.717, 1.165) is 5.56 Å². The first-order valence-electron chi connectivity index (χ1n) is 6.53. The second-order valence-corrected chi connectivity index (χ2v) is 5.06. The Balaban J connectivity index is 1.87. The number of phenols is 1. The largest absolute Gasteiger partial charge is 0.508 e. The summed E-state index contributed by atoms with van der Waals surface area (Å²) in [5.41, 5.74) is 1.30. The lowest BCUT2D eigenvalue weighted by atomic mass is 9.95. The van der Waals surface area contributed by atoms with Crippen molar-refractivity contribution in [2.75, 3.05) is 6.54 Å². The van der Waals surface area contributed by atoms with Gasteiger partial charge in [-0.05, 0) is 36.6 Å². The minimum Gasteiger partial charge on any atom is -0.508 e. The smallest absolute Gasteiger partial charge is 0.254 e. The molecule has 104 valence electrons. The lowest BCUT2D eigenvalue weighted by Crippen LogP contribution is -2.55. The summed E-state index contributed by atoms with van der Waals surface area (Å²) in [5, 5.41) is 11.7. The van der Waals surface area contributed by atoms with Crippen LogP contribution in [-0.4, -0.2) is 40.3 Å². The van der Waals surface area contributed by atoms with Crippen molar-refractivity contribution in [1.82, 2.24) is 10.2 Å². The van der Waals surface area contributed by atoms with E-state index in [-0.39, 0.29) is 24.0 Å². The highest BCUT2D eigenvalue weighted by molar-refractivity contribution is 6.04. The van der Waals surface area contributed by atoms with E-state index in [0.29, 0.717) is 24.9 Å². The van der Waals surface area contributed by atoms with E-state index in [1.807, 2.05) is 0 Å². The minimum absolute atomic E-state index is 0.131. The number of phenolic OH excluding ortho intramolecular Hbond substituents is 1. The number of amides is 3. The van der Waals surface area contributed by atoms with Gasteiger partial charge in [0.1, 0.15) is 11.8 Å². The molecule has 1 atom stereocenters. The van der Waals surface area contributed by atoms with Crippen LogP contribution in [0.15, 0.2) is 18.2 Å². The average molecular weight is 274 g/mol. The van der Waals surface area contributed by atoms with E-state index in [2.05, 4.69) is 5.32 Å². The van der Waals surface area contributed by atoms with E-state index < -0.39 is 11.9 Å². The molecule has 2 N–H and O–H groups in total. The van der Waals surface area contributed by atoms with E-state index >= 15 is 0 Å². The minimum atomic E-state index is -0.581. The van der Waals surface area contributed by atoms with Crippen molar-refractivity contribution in [3.05, 3.63) is 29.3 Å². The third-order valence-electron chi connectivity index (χ3n) is 3.79. The summed E-state index contributed by atoms with van der Waals surface area (Å²) in [4.78, 5) is 37.0. The molecule has 0 saturated carbocycles. The number of carbonyl (C=O) groups excluding carboxylic acids is 3. The molecule has 20 heavy (non-hydrogen) atoms. The number of hydrogen-bond acceptors (Lipinski definition) is 4. The van der Waals surface area contributed by atoms with Crippen LogP contribution in [0, 0.1) is 0 Å². The van der Waals surface area contributed by atoms with Gasteiger partial charge in [-0.25, -0.2) is 0 Å². The summed E-state index contributed by atoms with van der Waals surface area (Å²) in [6, 6.07) is 4.03. The number of rotatable bonds is 1. The maximum Gasteiger partial charge on any atom is 0.254 e. The van der Waals surface area contributed by atoms with Crippen molar-refractivity contribution in [2.24, 2.45) is 0 Å². The van der Waals surface area contributed by atoms with Gasteiger partial charge in [-0.3, -0.25) is 19.7 Å². The maximum atomic E-state index is 12.4. The Kier molecular flexibility index (Phi) is 2.93. The van der Waals surface area contributed by atoms with Gasteiger partial charge in [0.05, 0.1) is 0 Å². The quantitative estimate of drug-likeness (QED) is 0.716. The number of imide groups is 1. The second-order valence-electron chi connectivity index (χ2n) is 5.06. The van der Waals surface area contributed by atoms with E-state index in [1.54, 1.807) is 12.1 Å². The zero-order valence-corrected chi connectivity index (χ0v) is 10.8. The summed E-state index contributed by atoms with van der Waals surface area (Å²) in [6.07, 6.45) is 1.21. The highest BCUT2D eigenvalue weighted by atomic mass is 16.3. The zero-order chi connectivity index (χ0) is 14.3. The normalized spacial score (nSPS) is 22.5. The topological polar surface area (TPSA) is 86.7 Å². The van der Waals surface area contributed by atoms with Crippen LogP contribution in [0.5, 0.6) is 5.75 Å². The van der Waals surface area contributed by atoms with Gasteiger partial charge >= 0.3 is 0 Å². The molecule has 1 fully saturated rings. The number of fused-ring (bicyclic) bond motifs is 1. The van der Waals surface area contributed by atoms with Crippen molar-refractivity contribution in [1.29, 1.82) is 0 Å². The predicted octanol–water partition coefficient (Wildman–Crippen LogP) is 0.196. The SMILES string of the molecule is O=C1CCC(N2CCc3cc(O)ccc3C2=O)C(=O)N1. The molecule has 0 aromatic heterocycles. The lowest BCUT2D eigenvalue weighted by molar-refractivity contribution is -0.136. The Labute approximate surface area is 115 Å². The summed E-state index contributed by atoms with van der Waals surface area (Å²) >= 11 is 0. The standard InChI is InChI=1S/C14H14N2O4/c17-9-1-2-10-8(7-9)5-6-16(14(10)20)11-3-4-12(18)15-13(11)19/h1-2,7,11,17H,3-6H2,(H,15,18,19). The van der Waals surface area contributed by atoms with Crippen LogP contribution in [0.1, 0.15) is 28.8 Å². The van der Waals surface area contributed by atoms with Crippen LogP contribution >= 0.6 is 0 Å². The molecule has 0 bridgehead atoms. The molecule has 1 unspecified atom stereocenters. The Morgan fingerprint density at radius 3 is 2.75 bits per heavy atom. The number of benzene rings is 1. The molecule has 0 radical (unpaired) electrons. The van der Waals surface area contributed by atoms with Crippen molar-refractivity contribution >= 4 is 17.7 Å². The molecule has 0 spiro atoms. The molecule has 1 aromatic carbocycles. The molecule has 0 aliphatic carbocycles. The van der Waals surface area contributed by atoms with Gasteiger partial charge in [-0.15, -0.1) is 0 Å². The molecule has 3 rings (SSSR count). The summed E-state index contributed by atoms with van der Waals surface area (Å²) in [6.45, 7) is 0.418. The van der Waals surface area contributed by atoms with Gasteiger partial charge in [0.25, 0.3) is 5.91 Å². The first-order valence-corrected chi connectivity index (χ1v) is 6.53. The van der Waals surface area contributed by atoms with Crippen LogP contribution in [0.4, 0.5) is 0 Å². The molecule has 1 saturated heterocycles. The van der Waals surface area contributed by atoms with Gasteiger partial charge in [0.2, 0.25) is 11.8 Å². The zero-order valence-electron chi connectivity index (χ0n) is 10.8. The number of nitrogens with zero attached hydrogens (tertiary/aromatic N) is 1. The predicted molar refractivity (Wildman–Crippen MR) is 69.0 cm³/mol. The van der Waals surface area contributed by atoms with Crippen LogP contribution in [0.3, 0.4) is 0 Å². The number of carbonyl (C=O) groups is 3. The molecule has 2 aliphatic rings. The van der Waals surface area contributed by atoms with Gasteiger partial charge in [0.15, 0.2) is 0 Å². The third-order valence-corrected chi connectivity index (χ3v) is 3.79. The van der Waals surface area contributed by atoms with Gasteiger partial charge in [-0.1, -0.05) is 0 Å². The molecule has 2 aliphatic heterocycles. The summed E-state index contributed by atoms with van der Waals surface area (Å²) in [7, 11) is 0. The van der Waals surface area contributed by atoms with Crippen LogP contribution in [0.25, 0.3) is 0 Å². The fraction of sp³-hybridized carbons (Fsp3) is 0.357. The van der Waals surface area contributed by atoms with Crippen LogP contribution in [0.2, 0.25) is 0 Å². The van der Waals surface area contributed by atoms with Crippen molar-refractivity contribution < 1.29 is 19.5 Å². The highest BCUT2D eigenvalue weighted by Crippen LogP contribution is 2.26. The Morgan fingerprint density at radius 2 is 2.00 bits per heavy atom. The number of aromatic hydroxyl groups is 1. The van der Waals surface area contributed by atoms with Crippen molar-refractivity contribution in [3.8, 4) is 5.75 Å². The third kappa shape index (κ3) is 2.03. The number of nitrogens with one attached hydrogen (secondary N) is 1. The summed E-state index contributed by atoms with van der Waals surface area (Å²) < 4.78 is 0. The lowest BCUT2D eigenvalue weighted by Gasteiger charge is -2.36. The average Bonchev–Trinajstić information content (AvgIpc) is 2.40. The van der Waals surface area contributed by atoms with E-state index in [9.17, 15) is 19.5 Å². The van der Waals surface area contributed by atoms with Gasteiger partial charge < -0.3 is 10.0 Å². The molecule has 2 heterocycles. The van der Waals surface area contributed by atoms with Gasteiger partial charge in [0, 0.05) is 18.5 Å². The van der Waals surface area contributed by atoms with E-state index in [4.69, 9.17) is 0 Å². The van der Waals surface area contributed by atoms with Gasteiger partial charge in [-0.2, -0.15) is 0 Å². The summed E-state index contributed by atoms with van der Waals surface area (Å²) in [5.74, 6) is -0.787. The van der Waals surface area contributed by atoms with Crippen molar-refractivity contribution in [3.63, 3.8) is 0 Å². The molecule has 1 aromatic rings. The molecule has 6 nitrogen and oxygen atoms in total. The maximum absolute atomic E-state index is 12.4. The molecule has 6 heteroatoms. The Bertz CT molecular complexity index is 611. The Morgan fingerprint density at radius 1 is 1.20 bits per heavy atom. The molecular weight excluding hydrogens is 260 g/mol. The number of piperidine rings is 1. The van der Waals surface area contributed by atoms with Crippen LogP contribution < -0.4 is 5.32 Å². The van der Waals surface area contributed by atoms with E-state index in [1.165, 1.54) is 11.0 Å². The van der Waals surface area contributed by atoms with Crippen LogP contribution in [-0.2, 0) is 16.0 Å².